The Morgan fingerprint density at radius 3 is 0.851 bits per heavy atom. The molecule has 0 spiro atoms. The van der Waals surface area contributed by atoms with Crippen molar-refractivity contribution < 1.29 is 42.1 Å². The molecule has 0 aliphatic carbocycles. The molecule has 94 heavy (non-hydrogen) atoms. The first-order valence-corrected chi connectivity index (χ1v) is 39.0. The van der Waals surface area contributed by atoms with Crippen molar-refractivity contribution in [3.8, 4) is 0 Å². The zero-order valence-electron chi connectivity index (χ0n) is 60.6. The van der Waals surface area contributed by atoms with Crippen LogP contribution in [-0.2, 0) is 32.7 Å². The van der Waals surface area contributed by atoms with E-state index < -0.39 is 26.5 Å². The average molecular weight is 1320 g/mol. The number of quaternary nitrogens is 1. The molecule has 0 aromatic heterocycles. The molecule has 0 radical (unpaired) electrons. The molecular formula is C84H138NO8P. The van der Waals surface area contributed by atoms with Crippen molar-refractivity contribution in [1.82, 2.24) is 0 Å². The Bertz CT molecular complexity index is 2240. The Morgan fingerprint density at radius 2 is 0.574 bits per heavy atom. The average Bonchev–Trinajstić information content (AvgIpc) is 1.57. The number of rotatable bonds is 67. The molecule has 10 heteroatoms. The third kappa shape index (κ3) is 76.1. The summed E-state index contributed by atoms with van der Waals surface area (Å²) in [6, 6.07) is 0. The minimum absolute atomic E-state index is 0.0413. The second kappa shape index (κ2) is 72.4. The number of nitrogens with zero attached hydrogens (tertiary/aromatic N) is 1. The smallest absolute Gasteiger partial charge is 0.306 e. The van der Waals surface area contributed by atoms with E-state index in [-0.39, 0.29) is 32.0 Å². The van der Waals surface area contributed by atoms with Gasteiger partial charge in [-0.15, -0.1) is 0 Å². The minimum atomic E-state index is -4.66. The molecule has 0 fully saturated rings. The quantitative estimate of drug-likeness (QED) is 0.0195. The highest BCUT2D eigenvalue weighted by molar-refractivity contribution is 7.45. The number of esters is 2. The molecule has 0 rings (SSSR count). The lowest BCUT2D eigenvalue weighted by atomic mass is 10.0. The molecule has 0 aromatic carbocycles. The van der Waals surface area contributed by atoms with Crippen LogP contribution in [0.2, 0.25) is 0 Å². The second-order valence-electron chi connectivity index (χ2n) is 25.5. The van der Waals surface area contributed by atoms with Crippen molar-refractivity contribution in [2.75, 3.05) is 47.5 Å². The largest absolute Gasteiger partial charge is 0.756 e. The van der Waals surface area contributed by atoms with E-state index >= 15 is 0 Å². The summed E-state index contributed by atoms with van der Waals surface area (Å²) in [5.41, 5.74) is 0. The molecule has 0 amide bonds. The molecule has 0 saturated heterocycles. The number of likely N-dealkylation sites (N-methyl/N-ethyl adjacent to an activating group) is 1. The maximum absolute atomic E-state index is 12.9. The first-order valence-electron chi connectivity index (χ1n) is 37.5. The Hall–Kier alpha value is -4.89. The van der Waals surface area contributed by atoms with Crippen molar-refractivity contribution in [3.05, 3.63) is 182 Å². The molecule has 9 nitrogen and oxygen atoms in total. The summed E-state index contributed by atoms with van der Waals surface area (Å²) in [5, 5.41) is 0. The van der Waals surface area contributed by atoms with Crippen molar-refractivity contribution in [2.24, 2.45) is 0 Å². The maximum Gasteiger partial charge on any atom is 0.306 e. The second-order valence-corrected chi connectivity index (χ2v) is 27.0. The molecule has 0 heterocycles. The number of unbranched alkanes of at least 4 members (excludes halogenated alkanes) is 23. The van der Waals surface area contributed by atoms with Gasteiger partial charge >= 0.3 is 11.9 Å². The van der Waals surface area contributed by atoms with E-state index in [9.17, 15) is 19.0 Å². The van der Waals surface area contributed by atoms with Gasteiger partial charge < -0.3 is 27.9 Å². The predicted molar refractivity (Wildman–Crippen MR) is 406 cm³/mol. The monoisotopic (exact) mass is 1320 g/mol. The van der Waals surface area contributed by atoms with Gasteiger partial charge in [-0.1, -0.05) is 318 Å². The van der Waals surface area contributed by atoms with Gasteiger partial charge in [0, 0.05) is 12.8 Å². The summed E-state index contributed by atoms with van der Waals surface area (Å²) in [5.74, 6) is -0.851. The van der Waals surface area contributed by atoms with E-state index in [0.717, 1.165) is 148 Å². The van der Waals surface area contributed by atoms with Gasteiger partial charge in [0.05, 0.1) is 27.7 Å². The summed E-state index contributed by atoms with van der Waals surface area (Å²) in [6.45, 7) is 4.00. The molecule has 0 aliphatic rings. The first kappa shape index (κ1) is 89.1. The van der Waals surface area contributed by atoms with E-state index in [1.807, 2.05) is 21.1 Å². The van der Waals surface area contributed by atoms with Crippen LogP contribution in [-0.4, -0.2) is 70.0 Å². The fourth-order valence-electron chi connectivity index (χ4n) is 9.77. The number of phosphoric ester groups is 1. The highest BCUT2D eigenvalue weighted by Gasteiger charge is 2.22. The van der Waals surface area contributed by atoms with E-state index in [0.29, 0.717) is 17.4 Å². The summed E-state index contributed by atoms with van der Waals surface area (Å²) in [6.07, 6.45) is 111. The highest BCUT2D eigenvalue weighted by atomic mass is 31.2. The number of carbonyl (C=O) groups excluding carboxylic acids is 2. The van der Waals surface area contributed by atoms with Crippen LogP contribution in [0.1, 0.15) is 284 Å². The topological polar surface area (TPSA) is 111 Å². The molecule has 0 N–H and O–H groups in total. The molecule has 2 unspecified atom stereocenters. The molecule has 0 aromatic rings. The third-order valence-corrected chi connectivity index (χ3v) is 16.4. The van der Waals surface area contributed by atoms with Gasteiger partial charge in [0.1, 0.15) is 19.8 Å². The van der Waals surface area contributed by atoms with E-state index in [1.54, 1.807) is 0 Å². The van der Waals surface area contributed by atoms with Crippen molar-refractivity contribution in [3.63, 3.8) is 0 Å². The fraction of sp³-hybridized carbons (Fsp3) is 0.619. The minimum Gasteiger partial charge on any atom is -0.756 e. The van der Waals surface area contributed by atoms with Crippen LogP contribution in [0.15, 0.2) is 182 Å². The molecule has 0 aliphatic heterocycles. The van der Waals surface area contributed by atoms with Gasteiger partial charge in [0.25, 0.3) is 7.82 Å². The van der Waals surface area contributed by atoms with Gasteiger partial charge in [-0.2, -0.15) is 0 Å². The van der Waals surface area contributed by atoms with Gasteiger partial charge in [-0.3, -0.25) is 14.2 Å². The van der Waals surface area contributed by atoms with Crippen LogP contribution >= 0.6 is 7.82 Å². The fourth-order valence-corrected chi connectivity index (χ4v) is 10.5. The van der Waals surface area contributed by atoms with E-state index in [2.05, 4.69) is 196 Å². The SMILES string of the molecule is CC/C=C\C/C=C\C/C=C\C/C=C\C/C=C\C/C=C\C/C=C\C/C=C\C/C=C\C/C=C\C/C=C\CCCCCCCCCC(=O)OC(COC(=O)CCCCCCCCCCCCCCCCCC/C=C\C/C=C\C/C=C\C/C=C\CC)COP(=O)([O-])OCC[N+](C)(C)C. The Kier molecular flexibility index (Phi) is 68.6. The Labute approximate surface area is 578 Å². The van der Waals surface area contributed by atoms with Crippen LogP contribution in [0.3, 0.4) is 0 Å². The number of carbonyl (C=O) groups is 2. The molecule has 532 valence electrons. The summed E-state index contributed by atoms with van der Waals surface area (Å²) < 4.78 is 34.3. The lowest BCUT2D eigenvalue weighted by Crippen LogP contribution is -2.37. The zero-order chi connectivity index (χ0) is 68.3. The van der Waals surface area contributed by atoms with Crippen molar-refractivity contribution >= 4 is 19.8 Å². The molecular weight excluding hydrogens is 1180 g/mol. The van der Waals surface area contributed by atoms with Gasteiger partial charge in [-0.25, -0.2) is 0 Å². The van der Waals surface area contributed by atoms with Crippen molar-refractivity contribution in [2.45, 2.75) is 290 Å². The molecule has 0 bridgehead atoms. The van der Waals surface area contributed by atoms with Crippen LogP contribution < -0.4 is 4.89 Å². The standard InChI is InChI=1S/C84H138NO8P/c1-6-8-10-12-14-16-18-20-22-24-26-28-30-32-34-36-37-38-39-40-41-42-43-44-45-46-47-49-51-53-55-57-59-61-63-65-67-69-71-73-75-77-84(87)93-82(81-92-94(88,89)91-79-78-85(3,4)5)80-90-83(86)76-74-72-70-68-66-64-62-60-58-56-54-52-50-48-35-33-31-29-27-25-23-21-19-17-15-13-11-9-7-2/h8-11,14-17,20-23,26-29,32,34,37-38,40-41,43-44,46-47,51,53,57,59,82H,6-7,12-13,18-19,24-25,30-31,33,35-36,39,42,45,48-50,52,54-56,58,60-81H2,1-5H3/b10-8-,11-9-,16-14-,17-15-,22-20-,23-21-,28-26-,29-27-,34-32-,38-37-,41-40-,44-43-,47-46-,53-51-,59-57-. The summed E-state index contributed by atoms with van der Waals surface area (Å²) >= 11 is 0. The molecule has 2 atom stereocenters. The van der Waals surface area contributed by atoms with Gasteiger partial charge in [-0.05, 0) is 135 Å². The zero-order valence-corrected chi connectivity index (χ0v) is 61.5. The number of hydrogen-bond acceptors (Lipinski definition) is 8. The van der Waals surface area contributed by atoms with Crippen LogP contribution in [0.5, 0.6) is 0 Å². The number of phosphoric acid groups is 1. The maximum atomic E-state index is 12.9. The third-order valence-electron chi connectivity index (χ3n) is 15.4. The van der Waals surface area contributed by atoms with Crippen LogP contribution in [0.25, 0.3) is 0 Å². The number of allylic oxidation sites excluding steroid dienone is 30. The number of ether oxygens (including phenoxy) is 2. The predicted octanol–water partition coefficient (Wildman–Crippen LogP) is 24.4. The van der Waals surface area contributed by atoms with Gasteiger partial charge in [0.15, 0.2) is 6.10 Å². The first-order chi connectivity index (χ1) is 46.0. The van der Waals surface area contributed by atoms with Crippen molar-refractivity contribution in [1.29, 1.82) is 0 Å². The Morgan fingerprint density at radius 1 is 0.330 bits per heavy atom. The molecule has 0 saturated carbocycles. The normalized spacial score (nSPS) is 14.1. The summed E-state index contributed by atoms with van der Waals surface area (Å²) in [4.78, 5) is 38.1. The lowest BCUT2D eigenvalue weighted by molar-refractivity contribution is -0.870. The van der Waals surface area contributed by atoms with E-state index in [1.165, 1.54) is 103 Å². The van der Waals surface area contributed by atoms with Gasteiger partial charge in [0.2, 0.25) is 0 Å². The lowest BCUT2D eigenvalue weighted by Gasteiger charge is -2.28. The van der Waals surface area contributed by atoms with Crippen LogP contribution in [0.4, 0.5) is 0 Å². The Balaban J connectivity index is 4.11. The van der Waals surface area contributed by atoms with Crippen LogP contribution in [0, 0.1) is 0 Å². The summed E-state index contributed by atoms with van der Waals surface area (Å²) in [7, 11) is 1.14. The highest BCUT2D eigenvalue weighted by Crippen LogP contribution is 2.38. The number of hydrogen-bond donors (Lipinski definition) is 0. The van der Waals surface area contributed by atoms with E-state index in [4.69, 9.17) is 18.5 Å².